The van der Waals surface area contributed by atoms with E-state index in [0.717, 1.165) is 29.7 Å². The summed E-state index contributed by atoms with van der Waals surface area (Å²) in [7, 11) is 0. The first-order chi connectivity index (χ1) is 14.2. The molecule has 7 heteroatoms. The highest BCUT2D eigenvalue weighted by Gasteiger charge is 2.10. The number of ether oxygens (including phenoxy) is 1. The highest BCUT2D eigenvalue weighted by atomic mass is 16.5. The summed E-state index contributed by atoms with van der Waals surface area (Å²) in [6, 6.07) is 15.8. The fraction of sp³-hybridized carbons (Fsp3) is 0.227. The molecule has 150 valence electrons. The molecule has 3 aromatic rings. The van der Waals surface area contributed by atoms with Crippen LogP contribution in [0.5, 0.6) is 11.5 Å². The SMILES string of the molecule is CCCCCOc1ccc(-c2cc(C(=O)N/N=C/c3ccc(O)cc3)[nH]n2)cc1. The van der Waals surface area contributed by atoms with Gasteiger partial charge >= 0.3 is 0 Å². The van der Waals surface area contributed by atoms with E-state index < -0.39 is 5.91 Å². The van der Waals surface area contributed by atoms with Crippen molar-refractivity contribution in [2.75, 3.05) is 6.61 Å². The van der Waals surface area contributed by atoms with Crippen molar-refractivity contribution < 1.29 is 14.6 Å². The molecule has 0 atom stereocenters. The molecule has 1 aromatic heterocycles. The minimum atomic E-state index is -0.394. The molecule has 0 aliphatic rings. The summed E-state index contributed by atoms with van der Waals surface area (Å²) in [4.78, 5) is 12.2. The second kappa shape index (κ2) is 10.1. The summed E-state index contributed by atoms with van der Waals surface area (Å²) in [5.74, 6) is 0.601. The van der Waals surface area contributed by atoms with E-state index in [0.29, 0.717) is 18.0 Å². The van der Waals surface area contributed by atoms with Gasteiger partial charge in [-0.05, 0) is 66.6 Å². The third kappa shape index (κ3) is 5.93. The lowest BCUT2D eigenvalue weighted by molar-refractivity contribution is 0.0950. The molecule has 0 unspecified atom stereocenters. The van der Waals surface area contributed by atoms with E-state index >= 15 is 0 Å². The van der Waals surface area contributed by atoms with E-state index in [9.17, 15) is 9.90 Å². The largest absolute Gasteiger partial charge is 0.508 e. The smallest absolute Gasteiger partial charge is 0.289 e. The van der Waals surface area contributed by atoms with Crippen LogP contribution in [0.3, 0.4) is 0 Å². The minimum absolute atomic E-state index is 0.173. The lowest BCUT2D eigenvalue weighted by Crippen LogP contribution is -2.17. The third-order valence-electron chi connectivity index (χ3n) is 4.26. The predicted octanol–water partition coefficient (Wildman–Crippen LogP) is 4.12. The Morgan fingerprint density at radius 2 is 1.93 bits per heavy atom. The highest BCUT2D eigenvalue weighted by molar-refractivity contribution is 5.94. The Labute approximate surface area is 169 Å². The molecule has 0 fully saturated rings. The summed E-state index contributed by atoms with van der Waals surface area (Å²) in [5, 5.41) is 20.1. The van der Waals surface area contributed by atoms with E-state index in [1.807, 2.05) is 24.3 Å². The number of nitrogens with zero attached hydrogens (tertiary/aromatic N) is 2. The molecule has 3 N–H and O–H groups in total. The quantitative estimate of drug-likeness (QED) is 0.290. The maximum Gasteiger partial charge on any atom is 0.289 e. The van der Waals surface area contributed by atoms with Crippen molar-refractivity contribution in [3.05, 3.63) is 65.9 Å². The Morgan fingerprint density at radius 1 is 1.17 bits per heavy atom. The van der Waals surface area contributed by atoms with Crippen LogP contribution in [0.4, 0.5) is 0 Å². The Balaban J connectivity index is 1.55. The molecule has 0 aliphatic heterocycles. The molecular formula is C22H24N4O3. The second-order valence-corrected chi connectivity index (χ2v) is 6.54. The van der Waals surface area contributed by atoms with Crippen LogP contribution in [0.15, 0.2) is 59.7 Å². The third-order valence-corrected chi connectivity index (χ3v) is 4.26. The summed E-state index contributed by atoms with van der Waals surface area (Å²) < 4.78 is 5.71. The Morgan fingerprint density at radius 3 is 2.66 bits per heavy atom. The monoisotopic (exact) mass is 392 g/mol. The van der Waals surface area contributed by atoms with Gasteiger partial charge in [-0.2, -0.15) is 10.2 Å². The van der Waals surface area contributed by atoms with Gasteiger partial charge in [-0.3, -0.25) is 9.89 Å². The van der Waals surface area contributed by atoms with Crippen LogP contribution in [-0.2, 0) is 0 Å². The fourth-order valence-electron chi connectivity index (χ4n) is 2.64. The van der Waals surface area contributed by atoms with Crippen LogP contribution in [-0.4, -0.2) is 34.0 Å². The van der Waals surface area contributed by atoms with E-state index in [2.05, 4.69) is 27.6 Å². The number of aromatic nitrogens is 2. The maximum atomic E-state index is 12.2. The number of unbranched alkanes of at least 4 members (excludes halogenated alkanes) is 2. The van der Waals surface area contributed by atoms with Gasteiger partial charge in [0.15, 0.2) is 0 Å². The number of hydrogen-bond donors (Lipinski definition) is 3. The number of phenolic OH excluding ortho intramolecular Hbond substituents is 1. The number of amides is 1. The fourth-order valence-corrected chi connectivity index (χ4v) is 2.64. The topological polar surface area (TPSA) is 99.6 Å². The van der Waals surface area contributed by atoms with Gasteiger partial charge in [-0.25, -0.2) is 5.43 Å². The summed E-state index contributed by atoms with van der Waals surface area (Å²) in [6.45, 7) is 2.87. The number of carbonyl (C=O) groups is 1. The normalized spacial score (nSPS) is 10.9. The van der Waals surface area contributed by atoms with E-state index in [1.54, 1.807) is 30.3 Å². The Hall–Kier alpha value is -3.61. The number of H-pyrrole nitrogens is 1. The van der Waals surface area contributed by atoms with Gasteiger partial charge in [0.1, 0.15) is 17.2 Å². The molecule has 0 bridgehead atoms. The molecule has 0 spiro atoms. The summed E-state index contributed by atoms with van der Waals surface area (Å²) >= 11 is 0. The Bertz CT molecular complexity index is 947. The van der Waals surface area contributed by atoms with Gasteiger partial charge in [0.25, 0.3) is 5.91 Å². The van der Waals surface area contributed by atoms with Crippen LogP contribution >= 0.6 is 0 Å². The second-order valence-electron chi connectivity index (χ2n) is 6.54. The lowest BCUT2D eigenvalue weighted by atomic mass is 10.1. The molecule has 1 heterocycles. The van der Waals surface area contributed by atoms with E-state index in [-0.39, 0.29) is 5.75 Å². The number of rotatable bonds is 9. The van der Waals surface area contributed by atoms with E-state index in [1.165, 1.54) is 12.6 Å². The van der Waals surface area contributed by atoms with Gasteiger partial charge in [0.05, 0.1) is 18.5 Å². The number of aromatic hydroxyl groups is 1. The molecule has 3 rings (SSSR count). The number of phenols is 1. The van der Waals surface area contributed by atoms with Gasteiger partial charge in [-0.1, -0.05) is 19.8 Å². The number of hydrogen-bond acceptors (Lipinski definition) is 5. The van der Waals surface area contributed by atoms with Crippen LogP contribution in [0, 0.1) is 0 Å². The zero-order chi connectivity index (χ0) is 20.5. The number of hydrazone groups is 1. The molecule has 7 nitrogen and oxygen atoms in total. The molecule has 2 aromatic carbocycles. The molecule has 0 saturated heterocycles. The first-order valence-corrected chi connectivity index (χ1v) is 9.57. The molecule has 0 radical (unpaired) electrons. The molecular weight excluding hydrogens is 368 g/mol. The first-order valence-electron chi connectivity index (χ1n) is 9.57. The molecule has 1 amide bonds. The minimum Gasteiger partial charge on any atom is -0.508 e. The number of aromatic amines is 1. The molecule has 0 aliphatic carbocycles. The van der Waals surface area contributed by atoms with Crippen molar-refractivity contribution >= 4 is 12.1 Å². The van der Waals surface area contributed by atoms with Crippen LogP contribution in [0.2, 0.25) is 0 Å². The van der Waals surface area contributed by atoms with Crippen molar-refractivity contribution in [3.8, 4) is 22.8 Å². The van der Waals surface area contributed by atoms with Crippen molar-refractivity contribution in [3.63, 3.8) is 0 Å². The molecule has 0 saturated carbocycles. The van der Waals surface area contributed by atoms with Crippen LogP contribution < -0.4 is 10.2 Å². The zero-order valence-corrected chi connectivity index (χ0v) is 16.3. The lowest BCUT2D eigenvalue weighted by Gasteiger charge is -2.06. The van der Waals surface area contributed by atoms with Crippen molar-refractivity contribution in [2.24, 2.45) is 5.10 Å². The number of carbonyl (C=O) groups excluding carboxylic acids is 1. The summed E-state index contributed by atoms with van der Waals surface area (Å²) in [5.41, 5.74) is 5.05. The van der Waals surface area contributed by atoms with Gasteiger partial charge < -0.3 is 9.84 Å². The van der Waals surface area contributed by atoms with Crippen LogP contribution in [0.25, 0.3) is 11.3 Å². The standard InChI is InChI=1S/C22H24N4O3/c1-2-3-4-13-29-19-11-7-17(8-12-19)20-14-21(25-24-20)22(28)26-23-15-16-5-9-18(27)10-6-16/h5-12,14-15,27H,2-4,13H2,1H3,(H,24,25)(H,26,28)/b23-15+. The first kappa shape index (κ1) is 20.1. The maximum absolute atomic E-state index is 12.2. The van der Waals surface area contributed by atoms with Crippen molar-refractivity contribution in [1.82, 2.24) is 15.6 Å². The summed E-state index contributed by atoms with van der Waals surface area (Å²) in [6.07, 6.45) is 4.87. The highest BCUT2D eigenvalue weighted by Crippen LogP contribution is 2.21. The Kier molecular flexibility index (Phi) is 7.00. The van der Waals surface area contributed by atoms with Gasteiger partial charge in [0.2, 0.25) is 0 Å². The van der Waals surface area contributed by atoms with Crippen molar-refractivity contribution in [1.29, 1.82) is 0 Å². The number of nitrogens with one attached hydrogen (secondary N) is 2. The van der Waals surface area contributed by atoms with Crippen molar-refractivity contribution in [2.45, 2.75) is 26.2 Å². The average Bonchev–Trinajstić information content (AvgIpc) is 3.23. The average molecular weight is 392 g/mol. The predicted molar refractivity (Wildman–Crippen MR) is 112 cm³/mol. The van der Waals surface area contributed by atoms with Crippen LogP contribution in [0.1, 0.15) is 42.2 Å². The zero-order valence-electron chi connectivity index (χ0n) is 16.3. The number of benzene rings is 2. The van der Waals surface area contributed by atoms with Gasteiger partial charge in [0, 0.05) is 5.56 Å². The van der Waals surface area contributed by atoms with E-state index in [4.69, 9.17) is 4.74 Å². The van der Waals surface area contributed by atoms with Gasteiger partial charge in [-0.15, -0.1) is 0 Å². The molecule has 29 heavy (non-hydrogen) atoms.